The number of ether oxygens (including phenoxy) is 2. The van der Waals surface area contributed by atoms with Crippen LogP contribution in [0.3, 0.4) is 0 Å². The van der Waals surface area contributed by atoms with Crippen LogP contribution < -0.4 is 5.32 Å². The predicted octanol–water partition coefficient (Wildman–Crippen LogP) is 3.38. The van der Waals surface area contributed by atoms with Crippen molar-refractivity contribution in [1.29, 1.82) is 0 Å². The second-order valence-corrected chi connectivity index (χ2v) is 7.77. The maximum atomic E-state index is 12.8. The summed E-state index contributed by atoms with van der Waals surface area (Å²) in [5.41, 5.74) is 4.36. The Morgan fingerprint density at radius 1 is 1.06 bits per heavy atom. The fraction of sp³-hybridized carbons (Fsp3) is 0.292. The van der Waals surface area contributed by atoms with E-state index in [0.717, 1.165) is 27.2 Å². The molecule has 0 radical (unpaired) electrons. The maximum Gasteiger partial charge on any atom is 0.410 e. The first-order chi connectivity index (χ1) is 15.5. The van der Waals surface area contributed by atoms with Crippen molar-refractivity contribution in [2.24, 2.45) is 0 Å². The minimum absolute atomic E-state index is 0.0246. The fourth-order valence-corrected chi connectivity index (χ4v) is 4.40. The monoisotopic (exact) mass is 436 g/mol. The minimum atomic E-state index is -1.15. The van der Waals surface area contributed by atoms with Crippen molar-refractivity contribution in [1.82, 2.24) is 10.2 Å². The molecule has 2 unspecified atom stereocenters. The molecule has 1 saturated heterocycles. The van der Waals surface area contributed by atoms with E-state index < -0.39 is 30.2 Å². The van der Waals surface area contributed by atoms with Crippen LogP contribution in [0.15, 0.2) is 61.2 Å². The Hall–Kier alpha value is -3.81. The number of likely N-dealkylation sites (tertiary alicyclic amines) is 1. The third-order valence-corrected chi connectivity index (χ3v) is 5.81. The van der Waals surface area contributed by atoms with Crippen LogP contribution in [0, 0.1) is 0 Å². The number of hydrogen-bond acceptors (Lipinski definition) is 5. The molecule has 2 amide bonds. The zero-order valence-corrected chi connectivity index (χ0v) is 17.4. The van der Waals surface area contributed by atoms with Gasteiger partial charge in [-0.2, -0.15) is 0 Å². The molecule has 0 spiro atoms. The summed E-state index contributed by atoms with van der Waals surface area (Å²) in [4.78, 5) is 37.5. The van der Waals surface area contributed by atoms with E-state index in [1.165, 1.54) is 6.08 Å². The third kappa shape index (κ3) is 4.16. The second kappa shape index (κ2) is 9.13. The average Bonchev–Trinajstić information content (AvgIpc) is 3.36. The number of nitrogens with one attached hydrogen (secondary N) is 1. The van der Waals surface area contributed by atoms with Crippen molar-refractivity contribution in [2.75, 3.05) is 19.8 Å². The topological polar surface area (TPSA) is 105 Å². The van der Waals surface area contributed by atoms with Crippen LogP contribution in [0.2, 0.25) is 0 Å². The minimum Gasteiger partial charge on any atom is -0.480 e. The Kier molecular flexibility index (Phi) is 6.11. The van der Waals surface area contributed by atoms with Crippen molar-refractivity contribution in [3.63, 3.8) is 0 Å². The molecule has 1 aliphatic carbocycles. The number of benzene rings is 2. The highest BCUT2D eigenvalue weighted by Gasteiger charge is 2.42. The highest BCUT2D eigenvalue weighted by Crippen LogP contribution is 2.44. The number of amides is 2. The van der Waals surface area contributed by atoms with Crippen molar-refractivity contribution < 1.29 is 29.0 Å². The molecule has 2 N–H and O–H groups in total. The number of carbonyl (C=O) groups is 3. The molecule has 2 aliphatic rings. The Morgan fingerprint density at radius 2 is 1.69 bits per heavy atom. The highest BCUT2D eigenvalue weighted by atomic mass is 16.6. The number of alkyl carbamates (subject to hydrolysis) is 1. The predicted molar refractivity (Wildman–Crippen MR) is 116 cm³/mol. The first-order valence-corrected chi connectivity index (χ1v) is 10.4. The van der Waals surface area contributed by atoms with Crippen molar-refractivity contribution >= 4 is 18.2 Å². The van der Waals surface area contributed by atoms with Crippen LogP contribution in [-0.4, -0.2) is 60.0 Å². The van der Waals surface area contributed by atoms with Gasteiger partial charge in [0.25, 0.3) is 0 Å². The molecular formula is C24H24N2O6. The summed E-state index contributed by atoms with van der Waals surface area (Å²) in [5.74, 6) is -1.28. The number of aliphatic carboxylic acids is 1. The normalized spacial score (nSPS) is 19.1. The Balaban J connectivity index is 1.44. The molecule has 8 nitrogen and oxygen atoms in total. The molecule has 166 valence electrons. The SMILES string of the molecule is C=CCOC(=O)NC1CC(C(=O)O)N(C(=O)OCC2c3ccccc3-c3ccccc32)C1. The molecule has 2 aromatic rings. The van der Waals surface area contributed by atoms with E-state index in [4.69, 9.17) is 9.47 Å². The fourth-order valence-electron chi connectivity index (χ4n) is 4.40. The quantitative estimate of drug-likeness (QED) is 0.673. The van der Waals surface area contributed by atoms with Gasteiger partial charge in [-0.15, -0.1) is 0 Å². The molecule has 0 saturated carbocycles. The smallest absolute Gasteiger partial charge is 0.410 e. The van der Waals surface area contributed by atoms with E-state index in [-0.39, 0.29) is 32.1 Å². The summed E-state index contributed by atoms with van der Waals surface area (Å²) in [5, 5.41) is 12.1. The second-order valence-electron chi connectivity index (χ2n) is 7.77. The molecule has 1 fully saturated rings. The summed E-state index contributed by atoms with van der Waals surface area (Å²) in [6.45, 7) is 3.62. The van der Waals surface area contributed by atoms with Gasteiger partial charge in [0.15, 0.2) is 0 Å². The zero-order chi connectivity index (χ0) is 22.7. The van der Waals surface area contributed by atoms with Gasteiger partial charge in [0.1, 0.15) is 19.3 Å². The van der Waals surface area contributed by atoms with Gasteiger partial charge in [0.05, 0.1) is 6.04 Å². The zero-order valence-electron chi connectivity index (χ0n) is 17.4. The van der Waals surface area contributed by atoms with E-state index in [0.29, 0.717) is 0 Å². The first-order valence-electron chi connectivity index (χ1n) is 10.4. The van der Waals surface area contributed by atoms with Crippen molar-refractivity contribution in [3.8, 4) is 11.1 Å². The van der Waals surface area contributed by atoms with Crippen molar-refractivity contribution in [2.45, 2.75) is 24.4 Å². The molecule has 8 heteroatoms. The van der Waals surface area contributed by atoms with E-state index in [1.807, 2.05) is 48.5 Å². The van der Waals surface area contributed by atoms with E-state index >= 15 is 0 Å². The van der Waals surface area contributed by atoms with Crippen LogP contribution in [0.5, 0.6) is 0 Å². The van der Waals surface area contributed by atoms with E-state index in [2.05, 4.69) is 11.9 Å². The molecule has 0 aromatic heterocycles. The van der Waals surface area contributed by atoms with E-state index in [1.54, 1.807) is 0 Å². The molecule has 2 aromatic carbocycles. The first kappa shape index (κ1) is 21.4. The lowest BCUT2D eigenvalue weighted by atomic mass is 9.98. The molecule has 32 heavy (non-hydrogen) atoms. The molecule has 4 rings (SSSR count). The van der Waals surface area contributed by atoms with Gasteiger partial charge in [0.2, 0.25) is 0 Å². The number of carboxylic acids is 1. The van der Waals surface area contributed by atoms with E-state index in [9.17, 15) is 19.5 Å². The van der Waals surface area contributed by atoms with Gasteiger partial charge >= 0.3 is 18.2 Å². The van der Waals surface area contributed by atoms with Gasteiger partial charge in [-0.1, -0.05) is 61.2 Å². The summed E-state index contributed by atoms with van der Waals surface area (Å²) in [6.07, 6.45) is 0.0939. The number of rotatable bonds is 6. The van der Waals surface area contributed by atoms with Crippen LogP contribution in [0.25, 0.3) is 11.1 Å². The van der Waals surface area contributed by atoms with Gasteiger partial charge in [0, 0.05) is 18.9 Å². The summed E-state index contributed by atoms with van der Waals surface area (Å²) in [7, 11) is 0. The average molecular weight is 436 g/mol. The van der Waals surface area contributed by atoms with Crippen molar-refractivity contribution in [3.05, 3.63) is 72.3 Å². The lowest BCUT2D eigenvalue weighted by Gasteiger charge is -2.22. The van der Waals surface area contributed by atoms with Crippen LogP contribution >= 0.6 is 0 Å². The Labute approximate surface area is 185 Å². The largest absolute Gasteiger partial charge is 0.480 e. The number of carbonyl (C=O) groups excluding carboxylic acids is 2. The van der Waals surface area contributed by atoms with Gasteiger partial charge in [-0.25, -0.2) is 14.4 Å². The molecule has 1 heterocycles. The lowest BCUT2D eigenvalue weighted by Crippen LogP contribution is -2.42. The van der Waals surface area contributed by atoms with Crippen LogP contribution in [0.4, 0.5) is 9.59 Å². The Morgan fingerprint density at radius 3 is 2.28 bits per heavy atom. The molecule has 1 aliphatic heterocycles. The third-order valence-electron chi connectivity index (χ3n) is 5.81. The summed E-state index contributed by atoms with van der Waals surface area (Å²) < 4.78 is 10.5. The lowest BCUT2D eigenvalue weighted by molar-refractivity contribution is -0.141. The van der Waals surface area contributed by atoms with Crippen LogP contribution in [0.1, 0.15) is 23.5 Å². The summed E-state index contributed by atoms with van der Waals surface area (Å²) in [6, 6.07) is 14.3. The number of fused-ring (bicyclic) bond motifs is 3. The maximum absolute atomic E-state index is 12.8. The van der Waals surface area contributed by atoms with Gasteiger partial charge < -0.3 is 19.9 Å². The Bertz CT molecular complexity index is 1010. The van der Waals surface area contributed by atoms with Crippen LogP contribution in [-0.2, 0) is 14.3 Å². The number of nitrogens with zero attached hydrogens (tertiary/aromatic N) is 1. The summed E-state index contributed by atoms with van der Waals surface area (Å²) >= 11 is 0. The standard InChI is InChI=1S/C24H24N2O6/c1-2-11-31-23(29)25-15-12-21(22(27)28)26(13-15)24(30)32-14-20-18-9-5-3-7-16(18)17-8-4-6-10-19(17)20/h2-10,15,20-21H,1,11-14H2,(H,25,29)(H,27,28). The molecule has 2 atom stereocenters. The molecule has 0 bridgehead atoms. The van der Waals surface area contributed by atoms with Gasteiger partial charge in [-0.05, 0) is 22.3 Å². The van der Waals surface area contributed by atoms with Gasteiger partial charge in [-0.3, -0.25) is 4.90 Å². The molecular weight excluding hydrogens is 412 g/mol. The number of carboxylic acid groups (broad SMARTS) is 1. The highest BCUT2D eigenvalue weighted by molar-refractivity contribution is 5.82. The number of hydrogen-bond donors (Lipinski definition) is 2.